The monoisotopic (exact) mass is 210 g/mol. The lowest BCUT2D eigenvalue weighted by Gasteiger charge is -2.42. The van der Waals surface area contributed by atoms with Gasteiger partial charge in [-0.05, 0) is 30.6 Å². The summed E-state index contributed by atoms with van der Waals surface area (Å²) in [5.74, 6) is 1.97. The second-order valence-electron chi connectivity index (χ2n) is 5.93. The van der Waals surface area contributed by atoms with Gasteiger partial charge in [-0.25, -0.2) is 0 Å². The molecule has 0 radical (unpaired) electrons. The van der Waals surface area contributed by atoms with E-state index < -0.39 is 0 Å². The van der Waals surface area contributed by atoms with Crippen molar-refractivity contribution >= 4 is 5.78 Å². The quantitative estimate of drug-likeness (QED) is 0.679. The first kappa shape index (κ1) is 12.7. The highest BCUT2D eigenvalue weighted by Crippen LogP contribution is 2.45. The molecule has 88 valence electrons. The van der Waals surface area contributed by atoms with E-state index in [9.17, 15) is 4.79 Å². The molecule has 1 fully saturated rings. The van der Waals surface area contributed by atoms with E-state index in [2.05, 4.69) is 20.8 Å². The Morgan fingerprint density at radius 3 is 2.40 bits per heavy atom. The van der Waals surface area contributed by atoms with Crippen LogP contribution in [0.1, 0.15) is 66.2 Å². The number of hydrogen-bond donors (Lipinski definition) is 0. The molecule has 15 heavy (non-hydrogen) atoms. The molecule has 0 saturated heterocycles. The average Bonchev–Trinajstić information content (AvgIpc) is 2.16. The highest BCUT2D eigenvalue weighted by molar-refractivity contribution is 5.76. The molecule has 1 saturated carbocycles. The Bertz CT molecular complexity index is 217. The molecule has 1 rings (SSSR count). The number of hydrogen-bond acceptors (Lipinski definition) is 1. The van der Waals surface area contributed by atoms with Crippen molar-refractivity contribution in [3.05, 3.63) is 0 Å². The summed E-state index contributed by atoms with van der Waals surface area (Å²) in [6.07, 6.45) is 7.51. The van der Waals surface area contributed by atoms with Gasteiger partial charge >= 0.3 is 0 Å². The fourth-order valence-electron chi connectivity index (χ4n) is 3.50. The summed E-state index contributed by atoms with van der Waals surface area (Å²) in [5.41, 5.74) is 0.215. The number of ketones is 1. The third-order valence-electron chi connectivity index (χ3n) is 4.14. The van der Waals surface area contributed by atoms with E-state index in [1.807, 2.05) is 0 Å². The summed E-state index contributed by atoms with van der Waals surface area (Å²) in [6, 6.07) is 0. The molecule has 1 aliphatic rings. The SMILES string of the molecule is CCC1CCCCC1C(C)(C)CC(C)=O. The first-order valence-corrected chi connectivity index (χ1v) is 6.47. The zero-order valence-electron chi connectivity index (χ0n) is 10.8. The summed E-state index contributed by atoms with van der Waals surface area (Å²) < 4.78 is 0. The van der Waals surface area contributed by atoms with Crippen molar-refractivity contribution in [1.82, 2.24) is 0 Å². The van der Waals surface area contributed by atoms with Crippen molar-refractivity contribution in [3.8, 4) is 0 Å². The molecule has 0 heterocycles. The van der Waals surface area contributed by atoms with E-state index in [1.165, 1.54) is 32.1 Å². The molecule has 1 aliphatic carbocycles. The molecule has 0 aromatic rings. The summed E-state index contributed by atoms with van der Waals surface area (Å²) in [6.45, 7) is 8.60. The van der Waals surface area contributed by atoms with Crippen LogP contribution in [-0.4, -0.2) is 5.78 Å². The first-order valence-electron chi connectivity index (χ1n) is 6.47. The molecule has 2 unspecified atom stereocenters. The molecule has 0 aliphatic heterocycles. The van der Waals surface area contributed by atoms with E-state index in [-0.39, 0.29) is 5.41 Å². The predicted octanol–water partition coefficient (Wildman–Crippen LogP) is 4.21. The largest absolute Gasteiger partial charge is 0.300 e. The number of rotatable bonds is 4. The van der Waals surface area contributed by atoms with Crippen molar-refractivity contribution in [2.75, 3.05) is 0 Å². The third-order valence-corrected chi connectivity index (χ3v) is 4.14. The van der Waals surface area contributed by atoms with Crippen LogP contribution in [0.4, 0.5) is 0 Å². The molecule has 0 aromatic carbocycles. The van der Waals surface area contributed by atoms with Crippen LogP contribution >= 0.6 is 0 Å². The van der Waals surface area contributed by atoms with Gasteiger partial charge in [0.2, 0.25) is 0 Å². The van der Waals surface area contributed by atoms with Gasteiger partial charge in [0.05, 0.1) is 0 Å². The maximum Gasteiger partial charge on any atom is 0.130 e. The summed E-state index contributed by atoms with van der Waals surface area (Å²) >= 11 is 0. The van der Waals surface area contributed by atoms with Crippen molar-refractivity contribution in [2.24, 2.45) is 17.3 Å². The Kier molecular flexibility index (Phi) is 4.36. The van der Waals surface area contributed by atoms with Crippen molar-refractivity contribution < 1.29 is 4.79 Å². The van der Waals surface area contributed by atoms with Gasteiger partial charge in [-0.1, -0.05) is 46.5 Å². The Hall–Kier alpha value is -0.330. The molecule has 0 bridgehead atoms. The number of carbonyl (C=O) groups excluding carboxylic acids is 1. The third kappa shape index (κ3) is 3.32. The predicted molar refractivity (Wildman–Crippen MR) is 64.8 cm³/mol. The van der Waals surface area contributed by atoms with E-state index in [0.717, 1.165) is 18.3 Å². The van der Waals surface area contributed by atoms with E-state index in [1.54, 1.807) is 6.92 Å². The van der Waals surface area contributed by atoms with E-state index >= 15 is 0 Å². The van der Waals surface area contributed by atoms with Gasteiger partial charge in [0.15, 0.2) is 0 Å². The van der Waals surface area contributed by atoms with E-state index in [4.69, 9.17) is 0 Å². The molecular formula is C14H26O. The molecule has 0 aromatic heterocycles. The topological polar surface area (TPSA) is 17.1 Å². The van der Waals surface area contributed by atoms with Crippen LogP contribution < -0.4 is 0 Å². The number of carbonyl (C=O) groups is 1. The standard InChI is InChI=1S/C14H26O/c1-5-12-8-6-7-9-13(12)14(3,4)10-11(2)15/h12-13H,5-10H2,1-4H3. The van der Waals surface area contributed by atoms with Gasteiger partial charge < -0.3 is 4.79 Å². The fraction of sp³-hybridized carbons (Fsp3) is 0.929. The summed E-state index contributed by atoms with van der Waals surface area (Å²) in [4.78, 5) is 11.3. The van der Waals surface area contributed by atoms with Gasteiger partial charge in [-0.15, -0.1) is 0 Å². The fourth-order valence-corrected chi connectivity index (χ4v) is 3.50. The zero-order valence-corrected chi connectivity index (χ0v) is 10.8. The van der Waals surface area contributed by atoms with Gasteiger partial charge in [0, 0.05) is 6.42 Å². The normalized spacial score (nSPS) is 27.7. The van der Waals surface area contributed by atoms with Crippen LogP contribution in [0.3, 0.4) is 0 Å². The van der Waals surface area contributed by atoms with Gasteiger partial charge in [0.1, 0.15) is 5.78 Å². The van der Waals surface area contributed by atoms with Crippen LogP contribution in [0.5, 0.6) is 0 Å². The minimum absolute atomic E-state index is 0.215. The van der Waals surface area contributed by atoms with Crippen LogP contribution in [0, 0.1) is 17.3 Å². The Balaban J connectivity index is 2.69. The summed E-state index contributed by atoms with van der Waals surface area (Å²) in [5, 5.41) is 0. The van der Waals surface area contributed by atoms with Crippen LogP contribution in [0.15, 0.2) is 0 Å². The Morgan fingerprint density at radius 2 is 1.87 bits per heavy atom. The molecule has 2 atom stereocenters. The van der Waals surface area contributed by atoms with Gasteiger partial charge in [-0.3, -0.25) is 0 Å². The van der Waals surface area contributed by atoms with Crippen LogP contribution in [0.2, 0.25) is 0 Å². The highest BCUT2D eigenvalue weighted by Gasteiger charge is 2.36. The molecule has 0 amide bonds. The van der Waals surface area contributed by atoms with Crippen molar-refractivity contribution in [3.63, 3.8) is 0 Å². The number of Topliss-reactive ketones (excluding diaryl/α,β-unsaturated/α-hetero) is 1. The van der Waals surface area contributed by atoms with Crippen molar-refractivity contribution in [2.45, 2.75) is 66.2 Å². The van der Waals surface area contributed by atoms with Gasteiger partial charge in [-0.2, -0.15) is 0 Å². The molecule has 1 nitrogen and oxygen atoms in total. The lowest BCUT2D eigenvalue weighted by atomic mass is 9.63. The average molecular weight is 210 g/mol. The van der Waals surface area contributed by atoms with Crippen molar-refractivity contribution in [1.29, 1.82) is 0 Å². The lowest BCUT2D eigenvalue weighted by molar-refractivity contribution is -0.120. The minimum atomic E-state index is 0.215. The molecule has 1 heteroatoms. The zero-order chi connectivity index (χ0) is 11.5. The Morgan fingerprint density at radius 1 is 1.27 bits per heavy atom. The summed E-state index contributed by atoms with van der Waals surface area (Å²) in [7, 11) is 0. The van der Waals surface area contributed by atoms with Gasteiger partial charge in [0.25, 0.3) is 0 Å². The molecule has 0 spiro atoms. The molecular weight excluding hydrogens is 184 g/mol. The maximum absolute atomic E-state index is 11.3. The second kappa shape index (κ2) is 5.14. The maximum atomic E-state index is 11.3. The first-order chi connectivity index (χ1) is 6.97. The van der Waals surface area contributed by atoms with Crippen LogP contribution in [-0.2, 0) is 4.79 Å². The van der Waals surface area contributed by atoms with E-state index in [0.29, 0.717) is 5.78 Å². The smallest absolute Gasteiger partial charge is 0.130 e. The molecule has 0 N–H and O–H groups in total. The lowest BCUT2D eigenvalue weighted by Crippen LogP contribution is -2.34. The van der Waals surface area contributed by atoms with Crippen LogP contribution in [0.25, 0.3) is 0 Å². The highest BCUT2D eigenvalue weighted by atomic mass is 16.1. The minimum Gasteiger partial charge on any atom is -0.300 e. The Labute approximate surface area is 94.6 Å². The second-order valence-corrected chi connectivity index (χ2v) is 5.93.